The second-order valence-electron chi connectivity index (χ2n) is 5.39. The highest BCUT2D eigenvalue weighted by Gasteiger charge is 2.25. The molecule has 2 aromatic heterocycles. The normalized spacial score (nSPS) is 18.7. The minimum absolute atomic E-state index is 0.266. The topological polar surface area (TPSA) is 46.1 Å². The first-order valence-corrected chi connectivity index (χ1v) is 8.27. The van der Waals surface area contributed by atoms with Crippen molar-refractivity contribution in [3.63, 3.8) is 0 Å². The van der Waals surface area contributed by atoms with Crippen molar-refractivity contribution < 1.29 is 4.79 Å². The molecule has 0 aliphatic carbocycles. The van der Waals surface area contributed by atoms with E-state index >= 15 is 0 Å². The summed E-state index contributed by atoms with van der Waals surface area (Å²) >= 11 is 1.72. The Hall–Kier alpha value is -1.75. The first-order chi connectivity index (χ1) is 10.3. The highest BCUT2D eigenvalue weighted by molar-refractivity contribution is 7.09. The van der Waals surface area contributed by atoms with Crippen LogP contribution in [0.5, 0.6) is 0 Å². The van der Waals surface area contributed by atoms with Crippen molar-refractivity contribution >= 4 is 17.2 Å². The molecule has 110 valence electrons. The van der Waals surface area contributed by atoms with E-state index in [-0.39, 0.29) is 5.91 Å². The van der Waals surface area contributed by atoms with Crippen LogP contribution in [0, 0.1) is 0 Å². The molecule has 21 heavy (non-hydrogen) atoms. The lowest BCUT2D eigenvalue weighted by Crippen LogP contribution is -2.39. The number of carbonyl (C=O) groups excluding carboxylic acids is 1. The van der Waals surface area contributed by atoms with Gasteiger partial charge in [-0.1, -0.05) is 6.07 Å². The fourth-order valence-corrected chi connectivity index (χ4v) is 3.54. The van der Waals surface area contributed by atoms with Crippen molar-refractivity contribution in [1.29, 1.82) is 0 Å². The minimum Gasteiger partial charge on any atom is -0.342 e. The summed E-state index contributed by atoms with van der Waals surface area (Å²) in [4.78, 5) is 24.0. The van der Waals surface area contributed by atoms with Gasteiger partial charge in [-0.2, -0.15) is 0 Å². The van der Waals surface area contributed by atoms with E-state index in [4.69, 9.17) is 0 Å². The molecule has 0 spiro atoms. The van der Waals surface area contributed by atoms with Gasteiger partial charge >= 0.3 is 0 Å². The van der Waals surface area contributed by atoms with Crippen molar-refractivity contribution in [2.75, 3.05) is 13.1 Å². The average Bonchev–Trinajstić information content (AvgIpc) is 3.07. The highest BCUT2D eigenvalue weighted by Crippen LogP contribution is 2.25. The molecule has 0 saturated carbocycles. The predicted molar refractivity (Wildman–Crippen MR) is 83.2 cm³/mol. The lowest BCUT2D eigenvalue weighted by atomic mass is 9.94. The smallest absolute Gasteiger partial charge is 0.222 e. The quantitative estimate of drug-likeness (QED) is 0.872. The zero-order valence-corrected chi connectivity index (χ0v) is 12.8. The Kier molecular flexibility index (Phi) is 4.60. The molecular weight excluding hydrogens is 282 g/mol. The minimum atomic E-state index is 0.266. The van der Waals surface area contributed by atoms with Crippen molar-refractivity contribution in [3.05, 3.63) is 46.7 Å². The second kappa shape index (κ2) is 6.80. The average molecular weight is 301 g/mol. The molecule has 0 aromatic carbocycles. The molecule has 3 heterocycles. The second-order valence-corrected chi connectivity index (χ2v) is 6.42. The standard InChI is InChI=1S/C16H19N3OS/c20-16(6-5-14-4-2-10-21-14)19-9-1-3-13(11-19)15-7-8-17-12-18-15/h2,4,7-8,10,12-13H,1,3,5-6,9,11H2/t13-/m1/s1. The SMILES string of the molecule is O=C(CCc1cccs1)N1CCC[C@@H](c2ccncn2)C1. The van der Waals surface area contributed by atoms with Gasteiger partial charge in [0.2, 0.25) is 5.91 Å². The van der Waals surface area contributed by atoms with Gasteiger partial charge in [0.15, 0.2) is 0 Å². The van der Waals surface area contributed by atoms with Crippen molar-refractivity contribution in [3.8, 4) is 0 Å². The van der Waals surface area contributed by atoms with Gasteiger partial charge in [0.1, 0.15) is 6.33 Å². The number of aromatic nitrogens is 2. The lowest BCUT2D eigenvalue weighted by Gasteiger charge is -2.32. The van der Waals surface area contributed by atoms with E-state index < -0.39 is 0 Å². The maximum atomic E-state index is 12.4. The van der Waals surface area contributed by atoms with E-state index in [1.54, 1.807) is 23.9 Å². The maximum absolute atomic E-state index is 12.4. The zero-order chi connectivity index (χ0) is 14.5. The van der Waals surface area contributed by atoms with Gasteiger partial charge in [-0.25, -0.2) is 9.97 Å². The number of nitrogens with zero attached hydrogens (tertiary/aromatic N) is 3. The predicted octanol–water partition coefficient (Wildman–Crippen LogP) is 2.88. The first kappa shape index (κ1) is 14.2. The number of carbonyl (C=O) groups is 1. The van der Waals surface area contributed by atoms with E-state index in [0.717, 1.165) is 38.0 Å². The number of hydrogen-bond donors (Lipinski definition) is 0. The molecule has 5 heteroatoms. The third kappa shape index (κ3) is 3.67. The number of rotatable bonds is 4. The van der Waals surface area contributed by atoms with Crippen LogP contribution in [0.15, 0.2) is 36.1 Å². The Morgan fingerprint density at radius 3 is 3.14 bits per heavy atom. The summed E-state index contributed by atoms with van der Waals surface area (Å²) in [6.07, 6.45) is 6.99. The van der Waals surface area contributed by atoms with Gasteiger partial charge in [0.05, 0.1) is 0 Å². The molecule has 1 amide bonds. The van der Waals surface area contributed by atoms with Gasteiger partial charge < -0.3 is 4.90 Å². The molecule has 0 bridgehead atoms. The number of hydrogen-bond acceptors (Lipinski definition) is 4. The Morgan fingerprint density at radius 2 is 2.38 bits per heavy atom. The Labute approximate surface area is 128 Å². The fourth-order valence-electron chi connectivity index (χ4n) is 2.83. The molecule has 1 aliphatic heterocycles. The first-order valence-electron chi connectivity index (χ1n) is 7.39. The number of piperidine rings is 1. The van der Waals surface area contributed by atoms with E-state index in [1.165, 1.54) is 4.88 Å². The van der Waals surface area contributed by atoms with Gasteiger partial charge in [-0.05, 0) is 36.8 Å². The third-order valence-corrected chi connectivity index (χ3v) is 4.90. The summed E-state index contributed by atoms with van der Waals surface area (Å²) in [5.74, 6) is 0.620. The Balaban J connectivity index is 1.56. The van der Waals surface area contributed by atoms with E-state index in [1.807, 2.05) is 17.0 Å². The largest absolute Gasteiger partial charge is 0.342 e. The third-order valence-electron chi connectivity index (χ3n) is 3.96. The van der Waals surface area contributed by atoms with Crippen molar-refractivity contribution in [2.45, 2.75) is 31.6 Å². The van der Waals surface area contributed by atoms with Gasteiger partial charge in [0.25, 0.3) is 0 Å². The molecule has 4 nitrogen and oxygen atoms in total. The van der Waals surface area contributed by atoms with Crippen LogP contribution >= 0.6 is 11.3 Å². The molecule has 0 radical (unpaired) electrons. The molecule has 1 aliphatic rings. The van der Waals surface area contributed by atoms with Crippen LogP contribution in [0.2, 0.25) is 0 Å². The van der Waals surface area contributed by atoms with Crippen LogP contribution < -0.4 is 0 Å². The van der Waals surface area contributed by atoms with Crippen LogP contribution in [0.25, 0.3) is 0 Å². The van der Waals surface area contributed by atoms with Gasteiger partial charge in [-0.3, -0.25) is 4.79 Å². The van der Waals surface area contributed by atoms with E-state index in [2.05, 4.69) is 21.4 Å². The summed E-state index contributed by atoms with van der Waals surface area (Å²) in [5, 5.41) is 2.06. The summed E-state index contributed by atoms with van der Waals surface area (Å²) < 4.78 is 0. The molecule has 1 saturated heterocycles. The van der Waals surface area contributed by atoms with Crippen molar-refractivity contribution in [1.82, 2.24) is 14.9 Å². The molecule has 0 N–H and O–H groups in total. The van der Waals surface area contributed by atoms with Crippen LogP contribution in [0.4, 0.5) is 0 Å². The molecular formula is C16H19N3OS. The molecule has 1 fully saturated rings. The van der Waals surface area contributed by atoms with Crippen LogP contribution in [0.1, 0.15) is 35.8 Å². The van der Waals surface area contributed by atoms with E-state index in [9.17, 15) is 4.79 Å². The molecule has 0 unspecified atom stereocenters. The van der Waals surface area contributed by atoms with Gasteiger partial charge in [-0.15, -0.1) is 11.3 Å². The summed E-state index contributed by atoms with van der Waals surface area (Å²) in [5.41, 5.74) is 1.06. The number of aryl methyl sites for hydroxylation is 1. The summed E-state index contributed by atoms with van der Waals surface area (Å²) in [7, 11) is 0. The van der Waals surface area contributed by atoms with E-state index in [0.29, 0.717) is 12.3 Å². The molecule has 1 atom stereocenters. The zero-order valence-electron chi connectivity index (χ0n) is 11.9. The molecule has 3 rings (SSSR count). The van der Waals surface area contributed by atoms with Crippen molar-refractivity contribution in [2.24, 2.45) is 0 Å². The number of thiophene rings is 1. The fraction of sp³-hybridized carbons (Fsp3) is 0.438. The maximum Gasteiger partial charge on any atom is 0.222 e. The van der Waals surface area contributed by atoms with Crippen LogP contribution in [0.3, 0.4) is 0 Å². The lowest BCUT2D eigenvalue weighted by molar-refractivity contribution is -0.132. The Bertz CT molecular complexity index is 570. The van der Waals surface area contributed by atoms with Crippen LogP contribution in [-0.2, 0) is 11.2 Å². The van der Waals surface area contributed by atoms with Crippen LogP contribution in [-0.4, -0.2) is 33.9 Å². The highest BCUT2D eigenvalue weighted by atomic mass is 32.1. The summed E-state index contributed by atoms with van der Waals surface area (Å²) in [6, 6.07) is 6.10. The Morgan fingerprint density at radius 1 is 1.43 bits per heavy atom. The number of amides is 1. The molecule has 2 aromatic rings. The monoisotopic (exact) mass is 301 g/mol. The number of likely N-dealkylation sites (tertiary alicyclic amines) is 1. The van der Waals surface area contributed by atoms with Gasteiger partial charge in [0, 0.05) is 42.2 Å². The summed E-state index contributed by atoms with van der Waals surface area (Å²) in [6.45, 7) is 1.67.